The fraction of sp³-hybridized carbons (Fsp3) is 0.125. The molecule has 0 aliphatic rings. The lowest BCUT2D eigenvalue weighted by Crippen LogP contribution is -2.17. The van der Waals surface area contributed by atoms with Crippen LogP contribution in [0.1, 0.15) is 10.4 Å². The summed E-state index contributed by atoms with van der Waals surface area (Å²) in [7, 11) is 0. The molecule has 1 rings (SSSR count). The maximum Gasteiger partial charge on any atom is 0.573 e. The van der Waals surface area contributed by atoms with Gasteiger partial charge in [0.25, 0.3) is 0 Å². The van der Waals surface area contributed by atoms with E-state index in [0.717, 1.165) is 12.1 Å². The Morgan fingerprint density at radius 2 is 2.00 bits per heavy atom. The average molecular weight is 285 g/mol. The molecule has 0 spiro atoms. The van der Waals surface area contributed by atoms with Gasteiger partial charge in [-0.05, 0) is 18.2 Å². The van der Waals surface area contributed by atoms with Gasteiger partial charge in [0.2, 0.25) is 0 Å². The van der Waals surface area contributed by atoms with Crippen molar-refractivity contribution in [2.24, 2.45) is 0 Å². The molecule has 0 radical (unpaired) electrons. The topological polar surface area (TPSA) is 35.5 Å². The SMILES string of the molecule is O=C(OBr)c1cccc(OC(F)(F)F)c1. The first kappa shape index (κ1) is 11.8. The van der Waals surface area contributed by atoms with Crippen LogP contribution in [0, 0.1) is 0 Å². The van der Waals surface area contributed by atoms with E-state index in [1.807, 2.05) is 0 Å². The predicted molar refractivity (Wildman–Crippen MR) is 47.5 cm³/mol. The van der Waals surface area contributed by atoms with Gasteiger partial charge in [-0.1, -0.05) is 6.07 Å². The molecule has 0 heterocycles. The van der Waals surface area contributed by atoms with Crippen molar-refractivity contribution in [3.8, 4) is 5.75 Å². The van der Waals surface area contributed by atoms with Crippen molar-refractivity contribution in [3.63, 3.8) is 0 Å². The van der Waals surface area contributed by atoms with Crippen LogP contribution in [0.15, 0.2) is 24.3 Å². The number of carbonyl (C=O) groups is 1. The third-order valence-electron chi connectivity index (χ3n) is 1.37. The van der Waals surface area contributed by atoms with Crippen molar-refractivity contribution in [1.82, 2.24) is 0 Å². The van der Waals surface area contributed by atoms with E-state index in [2.05, 4.69) is 24.8 Å². The Bertz CT molecular complexity index is 364. The Morgan fingerprint density at radius 3 is 2.53 bits per heavy atom. The Labute approximate surface area is 91.2 Å². The highest BCUT2D eigenvalue weighted by Gasteiger charge is 2.31. The number of benzene rings is 1. The molecule has 0 unspecified atom stereocenters. The molecule has 0 saturated carbocycles. The van der Waals surface area contributed by atoms with Crippen molar-refractivity contribution >= 4 is 22.2 Å². The largest absolute Gasteiger partial charge is 0.573 e. The zero-order valence-corrected chi connectivity index (χ0v) is 8.63. The molecule has 0 aliphatic heterocycles. The lowest BCUT2D eigenvalue weighted by Gasteiger charge is -2.08. The Morgan fingerprint density at radius 1 is 1.33 bits per heavy atom. The highest BCUT2D eigenvalue weighted by molar-refractivity contribution is 9.06. The Hall–Kier alpha value is -1.24. The molecule has 15 heavy (non-hydrogen) atoms. The Kier molecular flexibility index (Phi) is 3.57. The van der Waals surface area contributed by atoms with E-state index in [-0.39, 0.29) is 5.56 Å². The number of carbonyl (C=O) groups excluding carboxylic acids is 1. The second kappa shape index (κ2) is 4.52. The summed E-state index contributed by atoms with van der Waals surface area (Å²) in [6.45, 7) is 0. The molecule has 1 aromatic carbocycles. The minimum atomic E-state index is -4.78. The van der Waals surface area contributed by atoms with Gasteiger partial charge in [0.1, 0.15) is 5.75 Å². The molecule has 0 saturated heterocycles. The predicted octanol–water partition coefficient (Wildman–Crippen LogP) is 3.05. The van der Waals surface area contributed by atoms with Crippen molar-refractivity contribution in [2.75, 3.05) is 0 Å². The van der Waals surface area contributed by atoms with Gasteiger partial charge in [0.05, 0.1) is 5.56 Å². The summed E-state index contributed by atoms with van der Waals surface area (Å²) >= 11 is 2.42. The maximum atomic E-state index is 11.8. The monoisotopic (exact) mass is 284 g/mol. The van der Waals surface area contributed by atoms with E-state index < -0.39 is 18.1 Å². The fourth-order valence-electron chi connectivity index (χ4n) is 0.865. The molecule has 0 aromatic heterocycles. The zero-order chi connectivity index (χ0) is 11.5. The van der Waals surface area contributed by atoms with Gasteiger partial charge >= 0.3 is 12.3 Å². The fourth-order valence-corrected chi connectivity index (χ4v) is 1.05. The summed E-state index contributed by atoms with van der Waals surface area (Å²) in [5.74, 6) is -1.28. The van der Waals surface area contributed by atoms with Crippen LogP contribution in [0.3, 0.4) is 0 Å². The number of ether oxygens (including phenoxy) is 1. The number of hydrogen-bond donors (Lipinski definition) is 0. The summed E-state index contributed by atoms with van der Waals surface area (Å²) in [4.78, 5) is 10.9. The first-order valence-electron chi connectivity index (χ1n) is 3.61. The third-order valence-corrected chi connectivity index (χ3v) is 1.67. The van der Waals surface area contributed by atoms with E-state index >= 15 is 0 Å². The molecular weight excluding hydrogens is 281 g/mol. The summed E-state index contributed by atoms with van der Waals surface area (Å²) in [6, 6.07) is 4.56. The molecular formula is C8H4BrF3O3. The molecule has 0 amide bonds. The van der Waals surface area contributed by atoms with Gasteiger partial charge in [-0.25, -0.2) is 4.79 Å². The minimum absolute atomic E-state index is 0.0476. The van der Waals surface area contributed by atoms with E-state index in [4.69, 9.17) is 0 Å². The van der Waals surface area contributed by atoms with E-state index in [0.29, 0.717) is 0 Å². The van der Waals surface area contributed by atoms with Crippen molar-refractivity contribution in [3.05, 3.63) is 29.8 Å². The standard InChI is InChI=1S/C8H4BrF3O3/c9-15-7(13)5-2-1-3-6(4-5)14-8(10,11)12/h1-4H. The highest BCUT2D eigenvalue weighted by Crippen LogP contribution is 2.23. The molecule has 0 bridgehead atoms. The summed E-state index contributed by atoms with van der Waals surface area (Å²) in [5.41, 5.74) is -0.0476. The van der Waals surface area contributed by atoms with E-state index in [9.17, 15) is 18.0 Å². The average Bonchev–Trinajstić information content (AvgIpc) is 2.14. The molecule has 0 N–H and O–H groups in total. The molecule has 1 aromatic rings. The third kappa shape index (κ3) is 3.78. The highest BCUT2D eigenvalue weighted by atomic mass is 79.9. The first-order chi connectivity index (χ1) is 6.92. The Balaban J connectivity index is 2.88. The summed E-state index contributed by atoms with van der Waals surface area (Å²) in [6.07, 6.45) is -4.78. The van der Waals surface area contributed by atoms with Gasteiger partial charge in [0.15, 0.2) is 16.3 Å². The summed E-state index contributed by atoms with van der Waals surface area (Å²) < 4.78 is 43.2. The smallest absolute Gasteiger partial charge is 0.406 e. The summed E-state index contributed by atoms with van der Waals surface area (Å²) in [5, 5.41) is 0. The van der Waals surface area contributed by atoms with Crippen LogP contribution in [-0.4, -0.2) is 12.3 Å². The second-order valence-corrected chi connectivity index (χ2v) is 2.76. The number of alkyl halides is 3. The second-order valence-electron chi connectivity index (χ2n) is 2.44. The lowest BCUT2D eigenvalue weighted by molar-refractivity contribution is -0.274. The van der Waals surface area contributed by atoms with Crippen LogP contribution in [-0.2, 0) is 3.83 Å². The van der Waals surface area contributed by atoms with Crippen molar-refractivity contribution in [1.29, 1.82) is 0 Å². The van der Waals surface area contributed by atoms with Gasteiger partial charge in [0, 0.05) is 0 Å². The number of hydrogen-bond acceptors (Lipinski definition) is 3. The van der Waals surface area contributed by atoms with Crippen LogP contribution in [0.2, 0.25) is 0 Å². The van der Waals surface area contributed by atoms with Gasteiger partial charge in [-0.15, -0.1) is 13.2 Å². The quantitative estimate of drug-likeness (QED) is 0.837. The van der Waals surface area contributed by atoms with E-state index in [1.54, 1.807) is 0 Å². The van der Waals surface area contributed by atoms with Crippen LogP contribution < -0.4 is 4.74 Å². The minimum Gasteiger partial charge on any atom is -0.406 e. The molecule has 0 fully saturated rings. The molecule has 82 valence electrons. The van der Waals surface area contributed by atoms with E-state index in [1.165, 1.54) is 12.1 Å². The van der Waals surface area contributed by atoms with Crippen LogP contribution in [0.25, 0.3) is 0 Å². The van der Waals surface area contributed by atoms with Crippen LogP contribution in [0.5, 0.6) is 5.75 Å². The van der Waals surface area contributed by atoms with Gasteiger partial charge in [-0.2, -0.15) is 0 Å². The molecule has 0 atom stereocenters. The van der Waals surface area contributed by atoms with Crippen LogP contribution in [0.4, 0.5) is 13.2 Å². The molecule has 7 heteroatoms. The van der Waals surface area contributed by atoms with Crippen molar-refractivity contribution < 1.29 is 26.5 Å². The molecule has 0 aliphatic carbocycles. The van der Waals surface area contributed by atoms with Crippen LogP contribution >= 0.6 is 16.3 Å². The normalized spacial score (nSPS) is 10.9. The number of rotatable bonds is 2. The van der Waals surface area contributed by atoms with Crippen molar-refractivity contribution in [2.45, 2.75) is 6.36 Å². The first-order valence-corrected chi connectivity index (χ1v) is 4.26. The zero-order valence-electron chi connectivity index (χ0n) is 7.05. The number of halogens is 4. The maximum absolute atomic E-state index is 11.8. The lowest BCUT2D eigenvalue weighted by atomic mass is 10.2. The molecule has 3 nitrogen and oxygen atoms in total. The van der Waals surface area contributed by atoms with Gasteiger partial charge < -0.3 is 8.57 Å². The van der Waals surface area contributed by atoms with Gasteiger partial charge in [-0.3, -0.25) is 0 Å².